The minimum absolute atomic E-state index is 0.281. The van der Waals surface area contributed by atoms with Crippen LogP contribution in [0, 0.1) is 26.7 Å². The van der Waals surface area contributed by atoms with Gasteiger partial charge in [-0.05, 0) is 63.8 Å². The third-order valence-electron chi connectivity index (χ3n) is 6.54. The molecule has 2 heteroatoms. The van der Waals surface area contributed by atoms with Crippen LogP contribution in [0.15, 0.2) is 35.1 Å². The zero-order chi connectivity index (χ0) is 20.9. The highest BCUT2D eigenvalue weighted by atomic mass is 28.3. The predicted octanol–water partition coefficient (Wildman–Crippen LogP) is 7.59. The van der Waals surface area contributed by atoms with Crippen LogP contribution in [0.25, 0.3) is 0 Å². The standard InChI is InChI=1S/C26H43NSi/c1-9-26(28(6,7)8)23(17-22-13-11-10-12-14-22)18-25(27-5)24-16-19(2)15-20(3)21(24)4/h9,15-16,18,22,25,27H,10-14,17H2,1-8H3/b23-18-,26-9+. The van der Waals surface area contributed by atoms with E-state index in [4.69, 9.17) is 0 Å². The lowest BCUT2D eigenvalue weighted by Crippen LogP contribution is -2.27. The number of rotatable bonds is 7. The maximum absolute atomic E-state index is 3.62. The van der Waals surface area contributed by atoms with Gasteiger partial charge in [0, 0.05) is 0 Å². The molecule has 0 bridgehead atoms. The van der Waals surface area contributed by atoms with Crippen LogP contribution in [0.1, 0.15) is 73.7 Å². The highest BCUT2D eigenvalue weighted by Crippen LogP contribution is 2.36. The fourth-order valence-electron chi connectivity index (χ4n) is 5.00. The van der Waals surface area contributed by atoms with Crippen LogP contribution in [-0.2, 0) is 0 Å². The van der Waals surface area contributed by atoms with Crippen molar-refractivity contribution < 1.29 is 0 Å². The lowest BCUT2D eigenvalue weighted by molar-refractivity contribution is 0.357. The fraction of sp³-hybridized carbons (Fsp3) is 0.615. The van der Waals surface area contributed by atoms with E-state index in [1.807, 2.05) is 0 Å². The molecule has 0 aliphatic heterocycles. The molecule has 0 amide bonds. The van der Waals surface area contributed by atoms with Gasteiger partial charge in [-0.15, -0.1) is 0 Å². The van der Waals surface area contributed by atoms with Crippen LogP contribution in [0.5, 0.6) is 0 Å². The summed E-state index contributed by atoms with van der Waals surface area (Å²) >= 11 is 0. The molecule has 1 saturated carbocycles. The minimum atomic E-state index is -1.39. The van der Waals surface area contributed by atoms with Crippen LogP contribution in [0.3, 0.4) is 0 Å². The van der Waals surface area contributed by atoms with Crippen molar-refractivity contribution >= 4 is 8.07 Å². The first-order valence-corrected chi connectivity index (χ1v) is 14.8. The van der Waals surface area contributed by atoms with E-state index in [2.05, 4.69) is 84.0 Å². The first-order valence-electron chi connectivity index (χ1n) is 11.3. The summed E-state index contributed by atoms with van der Waals surface area (Å²) in [5.41, 5.74) is 7.23. The van der Waals surface area contributed by atoms with E-state index >= 15 is 0 Å². The molecule has 1 N–H and O–H groups in total. The van der Waals surface area contributed by atoms with E-state index in [0.29, 0.717) is 0 Å². The first-order chi connectivity index (χ1) is 13.2. The maximum atomic E-state index is 3.62. The van der Waals surface area contributed by atoms with E-state index in [-0.39, 0.29) is 6.04 Å². The zero-order valence-electron chi connectivity index (χ0n) is 19.7. The second-order valence-corrected chi connectivity index (χ2v) is 15.0. The molecule has 1 aliphatic rings. The van der Waals surface area contributed by atoms with Gasteiger partial charge in [-0.2, -0.15) is 0 Å². The summed E-state index contributed by atoms with van der Waals surface area (Å²) in [6.45, 7) is 16.5. The molecular formula is C26H43NSi. The molecule has 1 atom stereocenters. The van der Waals surface area contributed by atoms with Crippen LogP contribution in [-0.4, -0.2) is 15.1 Å². The molecule has 1 unspecified atom stereocenters. The normalized spacial score (nSPS) is 18.4. The highest BCUT2D eigenvalue weighted by Gasteiger charge is 2.26. The molecule has 0 radical (unpaired) electrons. The van der Waals surface area contributed by atoms with Gasteiger partial charge >= 0.3 is 0 Å². The molecule has 0 saturated heterocycles. The van der Waals surface area contributed by atoms with Crippen LogP contribution >= 0.6 is 0 Å². The van der Waals surface area contributed by atoms with Gasteiger partial charge in [0.25, 0.3) is 0 Å². The number of hydrogen-bond donors (Lipinski definition) is 1. The molecule has 1 fully saturated rings. The predicted molar refractivity (Wildman–Crippen MR) is 129 cm³/mol. The molecule has 156 valence electrons. The van der Waals surface area contributed by atoms with E-state index in [0.717, 1.165) is 5.92 Å². The summed E-state index contributed by atoms with van der Waals surface area (Å²) in [7, 11) is 0.726. The Morgan fingerprint density at radius 3 is 2.29 bits per heavy atom. The van der Waals surface area contributed by atoms with E-state index in [1.54, 1.807) is 10.8 Å². The van der Waals surface area contributed by atoms with E-state index in [9.17, 15) is 0 Å². The number of nitrogens with one attached hydrogen (secondary N) is 1. The van der Waals surface area contributed by atoms with Gasteiger partial charge in [-0.25, -0.2) is 0 Å². The molecule has 1 aromatic carbocycles. The van der Waals surface area contributed by atoms with Crippen LogP contribution in [0.2, 0.25) is 19.6 Å². The molecule has 0 spiro atoms. The lowest BCUT2D eigenvalue weighted by atomic mass is 9.83. The summed E-state index contributed by atoms with van der Waals surface area (Å²) in [6.07, 6.45) is 13.3. The Morgan fingerprint density at radius 1 is 1.11 bits per heavy atom. The highest BCUT2D eigenvalue weighted by molar-refractivity contribution is 6.84. The van der Waals surface area contributed by atoms with Gasteiger partial charge < -0.3 is 5.32 Å². The van der Waals surface area contributed by atoms with Crippen molar-refractivity contribution in [3.8, 4) is 0 Å². The summed E-state index contributed by atoms with van der Waals surface area (Å²) < 4.78 is 0. The Labute approximate surface area is 175 Å². The Hall–Kier alpha value is -1.12. The number of aryl methyl sites for hydroxylation is 2. The smallest absolute Gasteiger partial charge is 0.0775 e. The average molecular weight is 398 g/mol. The summed E-state index contributed by atoms with van der Waals surface area (Å²) in [6, 6.07) is 4.96. The quantitative estimate of drug-likeness (QED) is 0.369. The third kappa shape index (κ3) is 5.94. The summed E-state index contributed by atoms with van der Waals surface area (Å²) in [5.74, 6) is 0.865. The largest absolute Gasteiger partial charge is 0.310 e. The lowest BCUT2D eigenvalue weighted by Gasteiger charge is -2.30. The van der Waals surface area contributed by atoms with Crippen molar-refractivity contribution in [2.45, 2.75) is 91.9 Å². The van der Waals surface area contributed by atoms with Crippen LogP contribution < -0.4 is 5.32 Å². The monoisotopic (exact) mass is 397 g/mol. The van der Waals surface area contributed by atoms with Crippen molar-refractivity contribution in [1.29, 1.82) is 0 Å². The molecule has 28 heavy (non-hydrogen) atoms. The third-order valence-corrected chi connectivity index (χ3v) is 8.77. The maximum Gasteiger partial charge on any atom is 0.0775 e. The fourth-order valence-corrected chi connectivity index (χ4v) is 7.01. The number of hydrogen-bond acceptors (Lipinski definition) is 1. The molecule has 1 aliphatic carbocycles. The number of likely N-dealkylation sites (N-methyl/N-ethyl adjacent to an activating group) is 1. The Bertz CT molecular complexity index is 715. The Balaban J connectivity index is 2.48. The van der Waals surface area contributed by atoms with Gasteiger partial charge in [-0.3, -0.25) is 0 Å². The van der Waals surface area contributed by atoms with E-state index in [1.165, 1.54) is 60.8 Å². The summed E-state index contributed by atoms with van der Waals surface area (Å²) in [4.78, 5) is 0. The molecular weight excluding hydrogens is 354 g/mol. The second-order valence-electron chi connectivity index (χ2n) is 9.91. The Kier molecular flexibility index (Phi) is 8.33. The van der Waals surface area contributed by atoms with Crippen LogP contribution in [0.4, 0.5) is 0 Å². The number of benzene rings is 1. The Morgan fingerprint density at radius 2 is 1.75 bits per heavy atom. The van der Waals surface area contributed by atoms with Crippen molar-refractivity contribution in [2.24, 2.45) is 5.92 Å². The minimum Gasteiger partial charge on any atom is -0.310 e. The second kappa shape index (κ2) is 10.1. The van der Waals surface area contributed by atoms with Gasteiger partial charge in [0.15, 0.2) is 0 Å². The van der Waals surface area contributed by atoms with Crippen molar-refractivity contribution in [2.75, 3.05) is 7.05 Å². The molecule has 0 aromatic heterocycles. The molecule has 0 heterocycles. The topological polar surface area (TPSA) is 12.0 Å². The van der Waals surface area contributed by atoms with E-state index < -0.39 is 8.07 Å². The zero-order valence-corrected chi connectivity index (χ0v) is 20.7. The summed E-state index contributed by atoms with van der Waals surface area (Å²) in [5, 5.41) is 5.28. The van der Waals surface area contributed by atoms with Gasteiger partial charge in [0.2, 0.25) is 0 Å². The SMILES string of the molecule is C/C=C(\C(=C/C(NC)c1cc(C)cc(C)c1C)CC1CCCCC1)[Si](C)(C)C. The van der Waals surface area contributed by atoms with Gasteiger partial charge in [0.05, 0.1) is 14.1 Å². The number of allylic oxidation sites excluding steroid dienone is 3. The first kappa shape index (κ1) is 23.2. The van der Waals surface area contributed by atoms with Crippen molar-refractivity contribution in [3.05, 3.63) is 57.3 Å². The van der Waals surface area contributed by atoms with Crippen molar-refractivity contribution in [1.82, 2.24) is 5.32 Å². The van der Waals surface area contributed by atoms with Crippen molar-refractivity contribution in [3.63, 3.8) is 0 Å². The molecule has 1 aromatic rings. The van der Waals surface area contributed by atoms with Gasteiger partial charge in [-0.1, -0.05) is 92.4 Å². The molecule has 2 rings (SSSR count). The average Bonchev–Trinajstić information content (AvgIpc) is 2.63. The molecule has 1 nitrogen and oxygen atoms in total. The van der Waals surface area contributed by atoms with Gasteiger partial charge in [0.1, 0.15) is 0 Å².